The molecule has 1 aliphatic heterocycles. The summed E-state index contributed by atoms with van der Waals surface area (Å²) in [5, 5.41) is 2.85. The highest BCUT2D eigenvalue weighted by molar-refractivity contribution is 7.92. The lowest BCUT2D eigenvalue weighted by atomic mass is 9.79. The molecule has 0 aliphatic carbocycles. The Hall–Kier alpha value is -2.34. The van der Waals surface area contributed by atoms with Gasteiger partial charge in [0.1, 0.15) is 0 Å². The number of nitrogens with one attached hydrogen (secondary N) is 2. The summed E-state index contributed by atoms with van der Waals surface area (Å²) < 4.78 is 27.6. The molecule has 0 atom stereocenters. The Morgan fingerprint density at radius 2 is 1.75 bits per heavy atom. The lowest BCUT2D eigenvalue weighted by molar-refractivity contribution is 0.0930. The highest BCUT2D eigenvalue weighted by Gasteiger charge is 2.31. The molecule has 0 saturated carbocycles. The van der Waals surface area contributed by atoms with Gasteiger partial charge in [0.15, 0.2) is 0 Å². The van der Waals surface area contributed by atoms with Crippen molar-refractivity contribution in [3.05, 3.63) is 59.2 Å². The molecule has 0 fully saturated rings. The van der Waals surface area contributed by atoms with Crippen LogP contribution in [0, 0.1) is 6.92 Å². The molecule has 1 heterocycles. The highest BCUT2D eigenvalue weighted by Crippen LogP contribution is 2.32. The number of carbonyl (C=O) groups is 1. The van der Waals surface area contributed by atoms with Crippen LogP contribution in [-0.2, 0) is 15.4 Å². The number of sulfonamides is 1. The van der Waals surface area contributed by atoms with Crippen molar-refractivity contribution in [3.63, 3.8) is 0 Å². The van der Waals surface area contributed by atoms with Crippen molar-refractivity contribution in [1.29, 1.82) is 0 Å². The van der Waals surface area contributed by atoms with Gasteiger partial charge in [0.25, 0.3) is 15.9 Å². The fourth-order valence-electron chi connectivity index (χ4n) is 2.79. The van der Waals surface area contributed by atoms with Gasteiger partial charge in [0.2, 0.25) is 0 Å². The molecule has 0 spiro atoms. The van der Waals surface area contributed by atoms with E-state index in [9.17, 15) is 13.2 Å². The van der Waals surface area contributed by atoms with Gasteiger partial charge in [-0.25, -0.2) is 8.42 Å². The van der Waals surface area contributed by atoms with Crippen LogP contribution in [-0.4, -0.2) is 20.9 Å². The number of hydrogen-bond donors (Lipinski definition) is 2. The summed E-state index contributed by atoms with van der Waals surface area (Å²) >= 11 is 0. The average Bonchev–Trinajstić information content (AvgIpc) is 2.52. The molecular weight excluding hydrogens is 324 g/mol. The molecule has 24 heavy (non-hydrogen) atoms. The molecule has 3 rings (SSSR count). The van der Waals surface area contributed by atoms with Gasteiger partial charge in [-0.2, -0.15) is 0 Å². The van der Waals surface area contributed by atoms with Gasteiger partial charge >= 0.3 is 0 Å². The molecule has 1 amide bonds. The molecule has 2 aromatic rings. The van der Waals surface area contributed by atoms with E-state index in [2.05, 4.69) is 10.0 Å². The van der Waals surface area contributed by atoms with Gasteiger partial charge in [-0.05, 0) is 42.8 Å². The average molecular weight is 344 g/mol. The van der Waals surface area contributed by atoms with Crippen LogP contribution in [0.5, 0.6) is 0 Å². The minimum Gasteiger partial charge on any atom is -0.351 e. The third-order valence-electron chi connectivity index (χ3n) is 4.27. The van der Waals surface area contributed by atoms with Crippen molar-refractivity contribution >= 4 is 21.6 Å². The van der Waals surface area contributed by atoms with Crippen LogP contribution in [0.3, 0.4) is 0 Å². The second kappa shape index (κ2) is 5.63. The topological polar surface area (TPSA) is 75.3 Å². The fourth-order valence-corrected chi connectivity index (χ4v) is 3.84. The predicted molar refractivity (Wildman–Crippen MR) is 93.8 cm³/mol. The van der Waals surface area contributed by atoms with E-state index in [0.717, 1.165) is 11.1 Å². The van der Waals surface area contributed by atoms with Crippen LogP contribution in [0.15, 0.2) is 47.4 Å². The largest absolute Gasteiger partial charge is 0.351 e. The maximum absolute atomic E-state index is 12.5. The lowest BCUT2D eigenvalue weighted by Crippen LogP contribution is -2.43. The van der Waals surface area contributed by atoms with Gasteiger partial charge in [0, 0.05) is 23.2 Å². The predicted octanol–water partition coefficient (Wildman–Crippen LogP) is 2.82. The third kappa shape index (κ3) is 3.01. The van der Waals surface area contributed by atoms with Crippen molar-refractivity contribution < 1.29 is 13.2 Å². The fraction of sp³-hybridized carbons (Fsp3) is 0.278. The van der Waals surface area contributed by atoms with Crippen LogP contribution in [0.2, 0.25) is 0 Å². The normalized spacial score (nSPS) is 16.2. The standard InChI is InChI=1S/C18H20N2O3S/c1-12-4-7-14(8-5-12)24(22,23)20-13-6-9-15-16(10-13)18(2,3)11-19-17(15)21/h4-10,20H,11H2,1-3H3,(H,19,21). The number of rotatable bonds is 3. The van der Waals surface area contributed by atoms with Crippen molar-refractivity contribution in [1.82, 2.24) is 5.32 Å². The molecule has 6 heteroatoms. The lowest BCUT2D eigenvalue weighted by Gasteiger charge is -2.32. The minimum absolute atomic E-state index is 0.128. The Balaban J connectivity index is 1.97. The minimum atomic E-state index is -3.66. The number of fused-ring (bicyclic) bond motifs is 1. The van der Waals surface area contributed by atoms with E-state index in [0.29, 0.717) is 17.8 Å². The molecule has 126 valence electrons. The maximum Gasteiger partial charge on any atom is 0.261 e. The SMILES string of the molecule is Cc1ccc(S(=O)(=O)Nc2ccc3c(c2)C(C)(C)CNC3=O)cc1. The zero-order chi connectivity index (χ0) is 17.5. The monoisotopic (exact) mass is 344 g/mol. The molecule has 0 radical (unpaired) electrons. The van der Waals surface area contributed by atoms with E-state index >= 15 is 0 Å². The second-order valence-corrected chi connectivity index (χ2v) is 8.43. The number of carbonyl (C=O) groups excluding carboxylic acids is 1. The summed E-state index contributed by atoms with van der Waals surface area (Å²) in [5.41, 5.74) is 2.63. The van der Waals surface area contributed by atoms with E-state index in [1.54, 1.807) is 42.5 Å². The van der Waals surface area contributed by atoms with Crippen LogP contribution in [0.1, 0.15) is 35.3 Å². The smallest absolute Gasteiger partial charge is 0.261 e. The number of aryl methyl sites for hydroxylation is 1. The van der Waals surface area contributed by atoms with Crippen molar-refractivity contribution in [2.75, 3.05) is 11.3 Å². The zero-order valence-electron chi connectivity index (χ0n) is 13.9. The van der Waals surface area contributed by atoms with Gasteiger partial charge in [0.05, 0.1) is 4.90 Å². The Labute approximate surface area is 142 Å². The first kappa shape index (κ1) is 16.5. The molecule has 5 nitrogen and oxygen atoms in total. The van der Waals surface area contributed by atoms with E-state index in [1.165, 1.54) is 0 Å². The van der Waals surface area contributed by atoms with Gasteiger partial charge in [-0.15, -0.1) is 0 Å². The third-order valence-corrected chi connectivity index (χ3v) is 5.66. The molecule has 2 aromatic carbocycles. The number of hydrogen-bond acceptors (Lipinski definition) is 3. The quantitative estimate of drug-likeness (QED) is 0.899. The van der Waals surface area contributed by atoms with Gasteiger partial charge in [-0.1, -0.05) is 31.5 Å². The Morgan fingerprint density at radius 1 is 1.08 bits per heavy atom. The Bertz CT molecular complexity index is 900. The van der Waals surface area contributed by atoms with E-state index < -0.39 is 10.0 Å². The summed E-state index contributed by atoms with van der Waals surface area (Å²) in [6.07, 6.45) is 0. The summed E-state index contributed by atoms with van der Waals surface area (Å²) in [5.74, 6) is -0.128. The summed E-state index contributed by atoms with van der Waals surface area (Å²) in [4.78, 5) is 12.2. The van der Waals surface area contributed by atoms with Gasteiger partial charge < -0.3 is 5.32 Å². The van der Waals surface area contributed by atoms with Crippen molar-refractivity contribution in [3.8, 4) is 0 Å². The molecule has 0 bridgehead atoms. The Morgan fingerprint density at radius 3 is 2.42 bits per heavy atom. The summed E-state index contributed by atoms with van der Waals surface area (Å²) in [6.45, 7) is 6.46. The highest BCUT2D eigenvalue weighted by atomic mass is 32.2. The molecule has 0 aromatic heterocycles. The van der Waals surface area contributed by atoms with Crippen LogP contribution < -0.4 is 10.0 Å². The van der Waals surface area contributed by atoms with Crippen molar-refractivity contribution in [2.24, 2.45) is 0 Å². The molecule has 0 saturated heterocycles. The summed E-state index contributed by atoms with van der Waals surface area (Å²) in [7, 11) is -3.66. The number of benzene rings is 2. The Kier molecular flexibility index (Phi) is 3.87. The molecule has 2 N–H and O–H groups in total. The van der Waals surface area contributed by atoms with E-state index in [4.69, 9.17) is 0 Å². The zero-order valence-corrected chi connectivity index (χ0v) is 14.7. The first-order valence-corrected chi connectivity index (χ1v) is 9.20. The van der Waals surface area contributed by atoms with Crippen molar-refractivity contribution in [2.45, 2.75) is 31.1 Å². The van der Waals surface area contributed by atoms with Crippen LogP contribution in [0.4, 0.5) is 5.69 Å². The van der Waals surface area contributed by atoms with E-state index in [1.807, 2.05) is 20.8 Å². The molecule has 0 unspecified atom stereocenters. The molecule has 1 aliphatic rings. The number of anilines is 1. The van der Waals surface area contributed by atoms with Crippen LogP contribution >= 0.6 is 0 Å². The summed E-state index contributed by atoms with van der Waals surface area (Å²) in [6, 6.07) is 11.7. The van der Waals surface area contributed by atoms with E-state index in [-0.39, 0.29) is 16.2 Å². The van der Waals surface area contributed by atoms with Crippen LogP contribution in [0.25, 0.3) is 0 Å². The maximum atomic E-state index is 12.5. The first-order valence-electron chi connectivity index (χ1n) is 7.71. The molecular formula is C18H20N2O3S. The van der Waals surface area contributed by atoms with Gasteiger partial charge in [-0.3, -0.25) is 9.52 Å². The number of amides is 1. The first-order chi connectivity index (χ1) is 11.2. The second-order valence-electron chi connectivity index (χ2n) is 6.75.